The zero-order valence-electron chi connectivity index (χ0n) is 14.3. The molecule has 132 valence electrons. The number of amides is 1. The molecule has 0 unspecified atom stereocenters. The quantitative estimate of drug-likeness (QED) is 0.866. The predicted octanol–water partition coefficient (Wildman–Crippen LogP) is 4.28. The zero-order chi connectivity index (χ0) is 17.2. The summed E-state index contributed by atoms with van der Waals surface area (Å²) in [5.74, 6) is 0.121. The molecule has 1 aromatic carbocycles. The molecule has 5 heteroatoms. The van der Waals surface area contributed by atoms with E-state index in [9.17, 15) is 4.79 Å². The average Bonchev–Trinajstić information content (AvgIpc) is 3.20. The molecule has 1 amide bonds. The van der Waals surface area contributed by atoms with Gasteiger partial charge in [0.05, 0.1) is 4.88 Å². The normalized spacial score (nSPS) is 18.3. The van der Waals surface area contributed by atoms with E-state index >= 15 is 0 Å². The number of rotatable bonds is 4. The highest BCUT2D eigenvalue weighted by atomic mass is 35.5. The molecule has 3 nitrogen and oxygen atoms in total. The first-order valence-corrected chi connectivity index (χ1v) is 10.3. The largest absolute Gasteiger partial charge is 0.349 e. The van der Waals surface area contributed by atoms with E-state index in [-0.39, 0.29) is 5.91 Å². The second-order valence-corrected chi connectivity index (χ2v) is 8.64. The molecule has 0 spiro atoms. The lowest BCUT2D eigenvalue weighted by Crippen LogP contribution is -2.44. The molecule has 25 heavy (non-hydrogen) atoms. The molecule has 2 aromatic rings. The van der Waals surface area contributed by atoms with Crippen LogP contribution in [0.2, 0.25) is 5.02 Å². The van der Waals surface area contributed by atoms with Crippen molar-refractivity contribution in [3.05, 3.63) is 56.2 Å². The van der Waals surface area contributed by atoms with E-state index in [4.69, 9.17) is 11.6 Å². The fourth-order valence-corrected chi connectivity index (χ4v) is 5.06. The first-order chi connectivity index (χ1) is 12.2. The number of thiophene rings is 1. The summed E-state index contributed by atoms with van der Waals surface area (Å²) in [6, 6.07) is 10.5. The number of hydrogen-bond acceptors (Lipinski definition) is 3. The first kappa shape index (κ1) is 17.1. The maximum atomic E-state index is 12.5. The monoisotopic (exact) mass is 374 g/mol. The van der Waals surface area contributed by atoms with Crippen LogP contribution in [-0.4, -0.2) is 29.9 Å². The van der Waals surface area contributed by atoms with Gasteiger partial charge in [0.25, 0.3) is 5.91 Å². The van der Waals surface area contributed by atoms with E-state index < -0.39 is 0 Å². The molecule has 0 bridgehead atoms. The van der Waals surface area contributed by atoms with E-state index in [1.165, 1.54) is 22.4 Å². The number of benzene rings is 1. The SMILES string of the molecule is O=C(NC1CCN(Cc2ccc(Cl)cc2)CC1)c1cc2c(s1)CCC2. The molecule has 1 aliphatic heterocycles. The molecule has 2 heterocycles. The molecule has 1 N–H and O–H groups in total. The van der Waals surface area contributed by atoms with Gasteiger partial charge < -0.3 is 5.32 Å². The second kappa shape index (κ2) is 7.48. The number of hydrogen-bond donors (Lipinski definition) is 1. The third-order valence-corrected chi connectivity index (χ3v) is 6.70. The molecule has 1 fully saturated rings. The Morgan fingerprint density at radius 1 is 1.20 bits per heavy atom. The number of carbonyl (C=O) groups excluding carboxylic acids is 1. The summed E-state index contributed by atoms with van der Waals surface area (Å²) in [6.07, 6.45) is 5.57. The van der Waals surface area contributed by atoms with Crippen molar-refractivity contribution >= 4 is 28.8 Å². The fourth-order valence-electron chi connectivity index (χ4n) is 3.78. The van der Waals surface area contributed by atoms with Crippen LogP contribution in [0.4, 0.5) is 0 Å². The molecule has 0 radical (unpaired) electrons. The Balaban J connectivity index is 1.26. The van der Waals surface area contributed by atoms with Gasteiger partial charge in [-0.3, -0.25) is 9.69 Å². The van der Waals surface area contributed by atoms with E-state index in [1.54, 1.807) is 11.3 Å². The van der Waals surface area contributed by atoms with E-state index in [2.05, 4.69) is 28.4 Å². The van der Waals surface area contributed by atoms with Crippen LogP contribution in [0.25, 0.3) is 0 Å². The number of nitrogens with zero attached hydrogens (tertiary/aromatic N) is 1. The number of likely N-dealkylation sites (tertiary alicyclic amines) is 1. The summed E-state index contributed by atoms with van der Waals surface area (Å²) >= 11 is 7.63. The summed E-state index contributed by atoms with van der Waals surface area (Å²) in [5.41, 5.74) is 2.69. The second-order valence-electron chi connectivity index (χ2n) is 7.06. The van der Waals surface area contributed by atoms with Crippen LogP contribution in [0.1, 0.15) is 44.9 Å². The van der Waals surface area contributed by atoms with Crippen molar-refractivity contribution in [1.29, 1.82) is 0 Å². The number of piperidine rings is 1. The van der Waals surface area contributed by atoms with Crippen molar-refractivity contribution in [2.45, 2.75) is 44.7 Å². The maximum Gasteiger partial charge on any atom is 0.261 e. The highest BCUT2D eigenvalue weighted by molar-refractivity contribution is 7.14. The first-order valence-electron chi connectivity index (χ1n) is 9.06. The van der Waals surface area contributed by atoms with Crippen LogP contribution in [0, 0.1) is 0 Å². The van der Waals surface area contributed by atoms with Gasteiger partial charge in [0.1, 0.15) is 0 Å². The van der Waals surface area contributed by atoms with Crippen LogP contribution < -0.4 is 5.32 Å². The molecular formula is C20H23ClN2OS. The highest BCUT2D eigenvalue weighted by Crippen LogP contribution is 2.30. The van der Waals surface area contributed by atoms with E-state index in [0.29, 0.717) is 6.04 Å². The number of fused-ring (bicyclic) bond motifs is 1. The fraction of sp³-hybridized carbons (Fsp3) is 0.450. The van der Waals surface area contributed by atoms with Crippen LogP contribution in [0.3, 0.4) is 0 Å². The highest BCUT2D eigenvalue weighted by Gasteiger charge is 2.23. The molecule has 1 saturated heterocycles. The van der Waals surface area contributed by atoms with Gasteiger partial charge in [-0.1, -0.05) is 23.7 Å². The lowest BCUT2D eigenvalue weighted by atomic mass is 10.0. The summed E-state index contributed by atoms with van der Waals surface area (Å²) in [4.78, 5) is 17.3. The lowest BCUT2D eigenvalue weighted by molar-refractivity contribution is 0.0913. The smallest absolute Gasteiger partial charge is 0.261 e. The summed E-state index contributed by atoms with van der Waals surface area (Å²) in [7, 11) is 0. The van der Waals surface area contributed by atoms with Crippen LogP contribution in [0.15, 0.2) is 30.3 Å². The van der Waals surface area contributed by atoms with Crippen LogP contribution in [0.5, 0.6) is 0 Å². The van der Waals surface area contributed by atoms with E-state index in [0.717, 1.165) is 55.2 Å². The Labute approximate surface area is 158 Å². The van der Waals surface area contributed by atoms with Crippen molar-refractivity contribution in [1.82, 2.24) is 10.2 Å². The summed E-state index contributed by atoms with van der Waals surface area (Å²) < 4.78 is 0. The Morgan fingerprint density at radius 3 is 2.68 bits per heavy atom. The summed E-state index contributed by atoms with van der Waals surface area (Å²) in [6.45, 7) is 3.00. The van der Waals surface area contributed by atoms with Crippen LogP contribution in [-0.2, 0) is 19.4 Å². The van der Waals surface area contributed by atoms with Gasteiger partial charge in [-0.2, -0.15) is 0 Å². The van der Waals surface area contributed by atoms with Gasteiger partial charge in [0, 0.05) is 35.6 Å². The van der Waals surface area contributed by atoms with Gasteiger partial charge in [-0.05, 0) is 61.4 Å². The minimum Gasteiger partial charge on any atom is -0.349 e. The van der Waals surface area contributed by atoms with Crippen molar-refractivity contribution in [3.8, 4) is 0 Å². The Hall–Kier alpha value is -1.36. The molecule has 1 aliphatic carbocycles. The van der Waals surface area contributed by atoms with Crippen LogP contribution >= 0.6 is 22.9 Å². The third kappa shape index (κ3) is 4.08. The third-order valence-electron chi connectivity index (χ3n) is 5.21. The van der Waals surface area contributed by atoms with Gasteiger partial charge >= 0.3 is 0 Å². The average molecular weight is 375 g/mol. The zero-order valence-corrected chi connectivity index (χ0v) is 15.8. The van der Waals surface area contributed by atoms with Crippen molar-refractivity contribution in [2.75, 3.05) is 13.1 Å². The van der Waals surface area contributed by atoms with Crippen molar-refractivity contribution in [3.63, 3.8) is 0 Å². The molecular weight excluding hydrogens is 352 g/mol. The molecule has 4 rings (SSSR count). The number of aryl methyl sites for hydroxylation is 2. The number of halogens is 1. The number of carbonyl (C=O) groups is 1. The predicted molar refractivity (Wildman–Crippen MR) is 104 cm³/mol. The summed E-state index contributed by atoms with van der Waals surface area (Å²) in [5, 5.41) is 4.03. The van der Waals surface area contributed by atoms with E-state index in [1.807, 2.05) is 12.1 Å². The minimum atomic E-state index is 0.121. The Morgan fingerprint density at radius 2 is 1.96 bits per heavy atom. The molecule has 2 aliphatic rings. The van der Waals surface area contributed by atoms with Gasteiger partial charge in [-0.15, -0.1) is 11.3 Å². The molecule has 0 atom stereocenters. The standard InChI is InChI=1S/C20H23ClN2OS/c21-16-6-4-14(5-7-16)13-23-10-8-17(9-11-23)22-20(24)19-12-15-2-1-3-18(15)25-19/h4-7,12,17H,1-3,8-11,13H2,(H,22,24). The number of nitrogens with one attached hydrogen (secondary N) is 1. The maximum absolute atomic E-state index is 12.5. The van der Waals surface area contributed by atoms with Gasteiger partial charge in [0.2, 0.25) is 0 Å². The molecule has 1 aromatic heterocycles. The Bertz CT molecular complexity index is 726. The van der Waals surface area contributed by atoms with Crippen molar-refractivity contribution in [2.24, 2.45) is 0 Å². The van der Waals surface area contributed by atoms with Gasteiger partial charge in [-0.25, -0.2) is 0 Å². The lowest BCUT2D eigenvalue weighted by Gasteiger charge is -2.32. The Kier molecular flexibility index (Phi) is 5.11. The van der Waals surface area contributed by atoms with Gasteiger partial charge in [0.15, 0.2) is 0 Å². The minimum absolute atomic E-state index is 0.121. The topological polar surface area (TPSA) is 32.3 Å². The van der Waals surface area contributed by atoms with Crippen molar-refractivity contribution < 1.29 is 4.79 Å². The molecule has 0 saturated carbocycles.